The van der Waals surface area contributed by atoms with Crippen LogP contribution in [0.4, 0.5) is 0 Å². The average molecular weight is 745 g/mol. The van der Waals surface area contributed by atoms with Crippen LogP contribution in [0.2, 0.25) is 0 Å². The zero-order valence-corrected chi connectivity index (χ0v) is 33.4. The molecule has 296 valence electrons. The predicted octanol–water partition coefficient (Wildman–Crippen LogP) is 10.8. The van der Waals surface area contributed by atoms with E-state index in [0.717, 1.165) is 83.5 Å². The fraction of sp³-hybridized carbons (Fsp3) is 0.605. The third kappa shape index (κ3) is 35.8. The zero-order chi connectivity index (χ0) is 38.2. The van der Waals surface area contributed by atoms with E-state index >= 15 is 0 Å². The van der Waals surface area contributed by atoms with Gasteiger partial charge in [-0.15, -0.1) is 0 Å². The van der Waals surface area contributed by atoms with Gasteiger partial charge >= 0.3 is 7.82 Å². The van der Waals surface area contributed by atoms with Gasteiger partial charge < -0.3 is 21.1 Å². The lowest BCUT2D eigenvalue weighted by Crippen LogP contribution is -2.45. The Hall–Kier alpha value is -2.58. The van der Waals surface area contributed by atoms with E-state index in [4.69, 9.17) is 14.8 Å². The molecule has 3 unspecified atom stereocenters. The second-order valence-electron chi connectivity index (χ2n) is 12.7. The number of phosphoric acid groups is 1. The first-order valence-electron chi connectivity index (χ1n) is 19.9. The number of amides is 1. The molecule has 8 nitrogen and oxygen atoms in total. The van der Waals surface area contributed by atoms with Gasteiger partial charge in [0.05, 0.1) is 25.4 Å². The molecule has 1 amide bonds. The Morgan fingerprint density at radius 2 is 1.13 bits per heavy atom. The summed E-state index contributed by atoms with van der Waals surface area (Å²) >= 11 is 0. The van der Waals surface area contributed by atoms with Crippen LogP contribution in [0.3, 0.4) is 0 Å². The highest BCUT2D eigenvalue weighted by Gasteiger charge is 2.26. The second kappa shape index (κ2) is 38.2. The maximum atomic E-state index is 12.7. The van der Waals surface area contributed by atoms with Gasteiger partial charge in [0.2, 0.25) is 5.91 Å². The fourth-order valence-electron chi connectivity index (χ4n) is 4.89. The molecule has 0 spiro atoms. The van der Waals surface area contributed by atoms with E-state index in [0.29, 0.717) is 6.42 Å². The van der Waals surface area contributed by atoms with Crippen LogP contribution < -0.4 is 11.1 Å². The molecule has 52 heavy (non-hydrogen) atoms. The first-order valence-corrected chi connectivity index (χ1v) is 21.4. The molecule has 0 aromatic rings. The summed E-state index contributed by atoms with van der Waals surface area (Å²) < 4.78 is 22.0. The highest BCUT2D eigenvalue weighted by Crippen LogP contribution is 2.43. The minimum atomic E-state index is -4.36. The van der Waals surface area contributed by atoms with Crippen molar-refractivity contribution in [2.24, 2.45) is 5.73 Å². The van der Waals surface area contributed by atoms with Crippen molar-refractivity contribution in [2.75, 3.05) is 19.8 Å². The van der Waals surface area contributed by atoms with Crippen molar-refractivity contribution in [1.82, 2.24) is 5.32 Å². The van der Waals surface area contributed by atoms with E-state index in [1.165, 1.54) is 25.7 Å². The van der Waals surface area contributed by atoms with Crippen LogP contribution >= 0.6 is 7.82 Å². The van der Waals surface area contributed by atoms with E-state index in [9.17, 15) is 19.4 Å². The SMILES string of the molecule is CC/C=C\C/C=C\C/C=C\C/C=C\C/C=C\CCCCCC(=O)NC(COP(=O)(O)OCCN)C(O)/C=C/CC/C=C/CC/C=C/CCCCCC. The van der Waals surface area contributed by atoms with E-state index in [2.05, 4.69) is 104 Å². The van der Waals surface area contributed by atoms with Gasteiger partial charge in [-0.2, -0.15) is 0 Å². The number of unbranched alkanes of at least 4 members (excludes halogenated alkanes) is 9. The summed E-state index contributed by atoms with van der Waals surface area (Å²) in [6.45, 7) is 3.90. The van der Waals surface area contributed by atoms with Gasteiger partial charge in [-0.25, -0.2) is 4.57 Å². The number of aliphatic hydroxyl groups is 1. The van der Waals surface area contributed by atoms with Crippen molar-refractivity contribution in [1.29, 1.82) is 0 Å². The number of rotatable bonds is 35. The topological polar surface area (TPSA) is 131 Å². The summed E-state index contributed by atoms with van der Waals surface area (Å²) in [7, 11) is -4.36. The Kier molecular flexibility index (Phi) is 36.3. The Balaban J connectivity index is 4.45. The van der Waals surface area contributed by atoms with E-state index in [1.54, 1.807) is 6.08 Å². The second-order valence-corrected chi connectivity index (χ2v) is 14.2. The summed E-state index contributed by atoms with van der Waals surface area (Å²) in [6.07, 6.45) is 51.7. The smallest absolute Gasteiger partial charge is 0.387 e. The number of nitrogens with one attached hydrogen (secondary N) is 1. The molecule has 0 radical (unpaired) electrons. The molecule has 9 heteroatoms. The van der Waals surface area contributed by atoms with Crippen LogP contribution in [0.25, 0.3) is 0 Å². The molecule has 0 rings (SSSR count). The lowest BCUT2D eigenvalue weighted by Gasteiger charge is -2.23. The Labute approximate surface area is 317 Å². The standard InChI is InChI=1S/C43H73N2O6P/c1-3-5-7-9-11-13-15-17-19-20-21-22-23-25-27-29-31-33-35-37-43(47)45-41(40-51-52(48,49)50-39-38-44)42(46)36-34-32-30-28-26-24-18-16-14-12-10-8-6-4-2/h5,7,11,13-14,16-17,19,21-22,25-28,34,36,41-42,46H,3-4,6,8-10,12,15,18,20,23-24,29-33,35,37-40,44H2,1-2H3,(H,45,47)(H,48,49)/b7-5-,13-11-,16-14+,19-17-,22-21-,27-25-,28-26+,36-34+. The third-order valence-corrected chi connectivity index (χ3v) is 8.86. The van der Waals surface area contributed by atoms with Crippen molar-refractivity contribution in [3.05, 3.63) is 97.2 Å². The van der Waals surface area contributed by atoms with E-state index in [-0.39, 0.29) is 32.1 Å². The third-order valence-electron chi connectivity index (χ3n) is 7.87. The lowest BCUT2D eigenvalue weighted by atomic mass is 10.1. The minimum absolute atomic E-state index is 0.0603. The van der Waals surface area contributed by atoms with Gasteiger partial charge in [0.15, 0.2) is 0 Å². The number of carbonyl (C=O) groups is 1. The van der Waals surface area contributed by atoms with Gasteiger partial charge in [0, 0.05) is 13.0 Å². The molecule has 0 heterocycles. The van der Waals surface area contributed by atoms with Gasteiger partial charge in [-0.3, -0.25) is 13.8 Å². The van der Waals surface area contributed by atoms with Crippen molar-refractivity contribution in [3.63, 3.8) is 0 Å². The molecule has 0 aromatic carbocycles. The monoisotopic (exact) mass is 745 g/mol. The van der Waals surface area contributed by atoms with Crippen LogP contribution in [0, 0.1) is 0 Å². The largest absolute Gasteiger partial charge is 0.472 e. The van der Waals surface area contributed by atoms with Crippen LogP contribution in [0.5, 0.6) is 0 Å². The zero-order valence-electron chi connectivity index (χ0n) is 32.5. The van der Waals surface area contributed by atoms with Gasteiger partial charge in [-0.05, 0) is 89.9 Å². The van der Waals surface area contributed by atoms with E-state index < -0.39 is 20.0 Å². The van der Waals surface area contributed by atoms with Gasteiger partial charge in [0.25, 0.3) is 0 Å². The number of hydrogen-bond acceptors (Lipinski definition) is 6. The molecule has 3 atom stereocenters. The summed E-state index contributed by atoms with van der Waals surface area (Å²) in [5.74, 6) is -0.246. The molecule has 5 N–H and O–H groups in total. The molecule has 0 saturated heterocycles. The molecular formula is C43H73N2O6P. The van der Waals surface area contributed by atoms with Crippen LogP contribution in [0.1, 0.15) is 136 Å². The van der Waals surface area contributed by atoms with Crippen LogP contribution in [-0.4, -0.2) is 47.8 Å². The Morgan fingerprint density at radius 3 is 1.67 bits per heavy atom. The maximum absolute atomic E-state index is 12.7. The highest BCUT2D eigenvalue weighted by atomic mass is 31.2. The van der Waals surface area contributed by atoms with Crippen LogP contribution in [-0.2, 0) is 18.4 Å². The Bertz CT molecular complexity index is 1120. The summed E-state index contributed by atoms with van der Waals surface area (Å²) in [5.41, 5.74) is 5.35. The molecule has 0 fully saturated rings. The first-order chi connectivity index (χ1) is 25.4. The quantitative estimate of drug-likeness (QED) is 0.0289. The molecule has 0 aliphatic carbocycles. The number of hydrogen-bond donors (Lipinski definition) is 4. The van der Waals surface area contributed by atoms with Gasteiger partial charge in [0.1, 0.15) is 0 Å². The van der Waals surface area contributed by atoms with E-state index in [1.807, 2.05) is 6.08 Å². The molecule has 0 bridgehead atoms. The summed E-state index contributed by atoms with van der Waals surface area (Å²) in [6, 6.07) is -0.906. The number of aliphatic hydroxyl groups excluding tert-OH is 1. The van der Waals surface area contributed by atoms with Gasteiger partial charge in [-0.1, -0.05) is 137 Å². The predicted molar refractivity (Wildman–Crippen MR) is 221 cm³/mol. The number of carbonyl (C=O) groups excluding carboxylic acids is 1. The highest BCUT2D eigenvalue weighted by molar-refractivity contribution is 7.47. The molecular weight excluding hydrogens is 671 g/mol. The number of nitrogens with two attached hydrogens (primary N) is 1. The summed E-state index contributed by atoms with van der Waals surface area (Å²) in [4.78, 5) is 22.6. The fourth-order valence-corrected chi connectivity index (χ4v) is 5.65. The van der Waals surface area contributed by atoms with Crippen molar-refractivity contribution in [2.45, 2.75) is 148 Å². The maximum Gasteiger partial charge on any atom is 0.472 e. The minimum Gasteiger partial charge on any atom is -0.387 e. The van der Waals surface area contributed by atoms with Crippen molar-refractivity contribution in [3.8, 4) is 0 Å². The molecule has 0 aliphatic rings. The number of phosphoric ester groups is 1. The average Bonchev–Trinajstić information content (AvgIpc) is 3.13. The van der Waals surface area contributed by atoms with Crippen molar-refractivity contribution < 1.29 is 28.4 Å². The summed E-state index contributed by atoms with van der Waals surface area (Å²) in [5, 5.41) is 13.6. The molecule has 0 aliphatic heterocycles. The normalized spacial score (nSPS) is 15.2. The first kappa shape index (κ1) is 49.4. The molecule has 0 saturated carbocycles. The lowest BCUT2D eigenvalue weighted by molar-refractivity contribution is -0.123. The van der Waals surface area contributed by atoms with Crippen molar-refractivity contribution >= 4 is 13.7 Å². The number of allylic oxidation sites excluding steroid dienone is 15. The Morgan fingerprint density at radius 1 is 0.654 bits per heavy atom. The molecule has 0 aromatic heterocycles. The van der Waals surface area contributed by atoms with Crippen LogP contribution in [0.15, 0.2) is 97.2 Å².